The largest absolute Gasteiger partial charge is 1.00 e. The normalized spacial score (nSPS) is 10.6. The van der Waals surface area contributed by atoms with Crippen LogP contribution in [0.15, 0.2) is 73.1 Å². The molecule has 0 atom stereocenters. The van der Waals surface area contributed by atoms with Crippen LogP contribution in [0.5, 0.6) is 23.0 Å². The van der Waals surface area contributed by atoms with E-state index < -0.39 is 0 Å². The number of aromatic nitrogens is 2. The van der Waals surface area contributed by atoms with Gasteiger partial charge in [0, 0.05) is 12.1 Å². The molecule has 0 bridgehead atoms. The minimum atomic E-state index is 0. The summed E-state index contributed by atoms with van der Waals surface area (Å²) in [4.78, 5) is 0. The van der Waals surface area contributed by atoms with Crippen LogP contribution in [-0.4, -0.2) is 28.4 Å². The van der Waals surface area contributed by atoms with Crippen molar-refractivity contribution in [1.82, 2.24) is 0 Å². The van der Waals surface area contributed by atoms with Gasteiger partial charge >= 0.3 is 0 Å². The molecule has 2 aromatic heterocycles. The number of benzene rings is 3. The third-order valence-corrected chi connectivity index (χ3v) is 7.31. The molecular weight excluding hydrogens is 730 g/mol. The Morgan fingerprint density at radius 1 is 0.500 bits per heavy atom. The zero-order chi connectivity index (χ0) is 26.8. The van der Waals surface area contributed by atoms with Gasteiger partial charge in [0.2, 0.25) is 0 Å². The summed E-state index contributed by atoms with van der Waals surface area (Å²) in [6.07, 6.45) is 5.81. The first-order valence-corrected chi connectivity index (χ1v) is 12.6. The van der Waals surface area contributed by atoms with Gasteiger partial charge in [0.25, 0.3) is 0 Å². The van der Waals surface area contributed by atoms with Gasteiger partial charge in [-0.25, -0.2) is 9.13 Å². The van der Waals surface area contributed by atoms with Crippen molar-refractivity contribution in [2.75, 3.05) is 28.4 Å². The van der Waals surface area contributed by atoms with E-state index in [1.165, 1.54) is 22.5 Å². The Bertz CT molecular complexity index is 1520. The molecule has 210 valence electrons. The Balaban J connectivity index is 0.00000220. The van der Waals surface area contributed by atoms with Crippen molar-refractivity contribution >= 4 is 21.5 Å². The third kappa shape index (κ3) is 6.22. The molecule has 0 N–H and O–H groups in total. The lowest BCUT2D eigenvalue weighted by Crippen LogP contribution is -3.00. The second-order valence-corrected chi connectivity index (χ2v) is 9.51. The molecule has 0 radical (unpaired) electrons. The SMILES string of the molecule is COc1cc2cc[n+](C)c(Cc3ccc(Cc4c5cc(OC)c(OC)cc5cc[n+]4C)cc3)c2cc1OC.[I-].[I-]. The van der Waals surface area contributed by atoms with E-state index in [1.807, 2.05) is 12.1 Å². The number of methoxy groups -OCH3 is 4. The summed E-state index contributed by atoms with van der Waals surface area (Å²) in [7, 11) is 10.9. The number of halogens is 2. The van der Waals surface area contributed by atoms with Crippen molar-refractivity contribution in [2.45, 2.75) is 12.8 Å². The van der Waals surface area contributed by atoms with Crippen LogP contribution in [0.25, 0.3) is 21.5 Å². The molecule has 0 amide bonds. The van der Waals surface area contributed by atoms with Gasteiger partial charge in [-0.3, -0.25) is 0 Å². The molecule has 0 spiro atoms. The molecule has 0 aliphatic rings. The second-order valence-electron chi connectivity index (χ2n) is 9.51. The highest BCUT2D eigenvalue weighted by Crippen LogP contribution is 2.34. The number of nitrogens with zero attached hydrogens (tertiary/aromatic N) is 2. The Morgan fingerprint density at radius 2 is 0.825 bits per heavy atom. The summed E-state index contributed by atoms with van der Waals surface area (Å²) in [5.41, 5.74) is 4.94. The molecule has 5 aromatic rings. The third-order valence-electron chi connectivity index (χ3n) is 7.31. The lowest BCUT2D eigenvalue weighted by Gasteiger charge is -2.12. The van der Waals surface area contributed by atoms with Crippen molar-refractivity contribution < 1.29 is 76.0 Å². The molecule has 6 nitrogen and oxygen atoms in total. The van der Waals surface area contributed by atoms with E-state index >= 15 is 0 Å². The molecule has 0 aliphatic heterocycles. The van der Waals surface area contributed by atoms with E-state index in [2.05, 4.69) is 84.2 Å². The fourth-order valence-corrected chi connectivity index (χ4v) is 5.11. The summed E-state index contributed by atoms with van der Waals surface area (Å²) in [6, 6.07) is 21.3. The van der Waals surface area contributed by atoms with Crippen LogP contribution < -0.4 is 76.0 Å². The number of rotatable bonds is 8. The number of aryl methyl sites for hydroxylation is 2. The minimum absolute atomic E-state index is 0. The molecule has 8 heteroatoms. The maximum atomic E-state index is 5.58. The van der Waals surface area contributed by atoms with E-state index in [-0.39, 0.29) is 48.0 Å². The topological polar surface area (TPSA) is 44.7 Å². The van der Waals surface area contributed by atoms with Crippen molar-refractivity contribution in [3.8, 4) is 23.0 Å². The maximum absolute atomic E-state index is 5.58. The zero-order valence-electron chi connectivity index (χ0n) is 23.6. The first-order chi connectivity index (χ1) is 18.4. The van der Waals surface area contributed by atoms with Gasteiger partial charge in [0.15, 0.2) is 46.8 Å². The molecule has 0 saturated carbocycles. The Labute approximate surface area is 269 Å². The van der Waals surface area contributed by atoms with Crippen LogP contribution in [0.1, 0.15) is 22.5 Å². The monoisotopic (exact) mass is 764 g/mol. The molecule has 0 saturated heterocycles. The van der Waals surface area contributed by atoms with Crippen LogP contribution in [0, 0.1) is 0 Å². The van der Waals surface area contributed by atoms with Gasteiger partial charge in [0.05, 0.1) is 52.1 Å². The van der Waals surface area contributed by atoms with Crippen molar-refractivity contribution in [3.63, 3.8) is 0 Å². The van der Waals surface area contributed by atoms with E-state index in [4.69, 9.17) is 18.9 Å². The Hall–Kier alpha value is -2.86. The number of ether oxygens (including phenoxy) is 4. The van der Waals surface area contributed by atoms with E-state index in [9.17, 15) is 0 Å². The smallest absolute Gasteiger partial charge is 0.193 e. The average Bonchev–Trinajstić information content (AvgIpc) is 2.95. The lowest BCUT2D eigenvalue weighted by molar-refractivity contribution is -0.677. The highest BCUT2D eigenvalue weighted by atomic mass is 127. The molecule has 3 aromatic carbocycles. The number of fused-ring (bicyclic) bond motifs is 2. The van der Waals surface area contributed by atoms with Crippen LogP contribution in [0.4, 0.5) is 0 Å². The van der Waals surface area contributed by atoms with Gasteiger partial charge in [-0.1, -0.05) is 24.3 Å². The maximum Gasteiger partial charge on any atom is 0.193 e. The first-order valence-electron chi connectivity index (χ1n) is 12.6. The van der Waals surface area contributed by atoms with E-state index in [1.54, 1.807) is 28.4 Å². The van der Waals surface area contributed by atoms with E-state index in [0.717, 1.165) is 57.4 Å². The first kappa shape index (κ1) is 31.7. The van der Waals surface area contributed by atoms with Gasteiger partial charge in [-0.15, -0.1) is 0 Å². The molecule has 0 aliphatic carbocycles. The summed E-state index contributed by atoms with van der Waals surface area (Å²) >= 11 is 0. The summed E-state index contributed by atoms with van der Waals surface area (Å²) < 4.78 is 26.5. The van der Waals surface area contributed by atoms with Crippen LogP contribution in [0.3, 0.4) is 0 Å². The van der Waals surface area contributed by atoms with Crippen molar-refractivity contribution in [1.29, 1.82) is 0 Å². The summed E-state index contributed by atoms with van der Waals surface area (Å²) in [5, 5.41) is 4.57. The number of pyridine rings is 2. The molecule has 0 unspecified atom stereocenters. The Kier molecular flexibility index (Phi) is 10.8. The van der Waals surface area contributed by atoms with Gasteiger partial charge in [-0.2, -0.15) is 0 Å². The van der Waals surface area contributed by atoms with Crippen LogP contribution in [0.2, 0.25) is 0 Å². The van der Waals surface area contributed by atoms with Gasteiger partial charge in [0.1, 0.15) is 14.1 Å². The van der Waals surface area contributed by atoms with Crippen LogP contribution in [-0.2, 0) is 26.9 Å². The molecular formula is C32H34I2N2O4. The van der Waals surface area contributed by atoms with Gasteiger partial charge in [-0.05, 0) is 46.2 Å². The molecule has 5 rings (SSSR count). The average molecular weight is 764 g/mol. The van der Waals surface area contributed by atoms with Crippen molar-refractivity contribution in [3.05, 3.63) is 95.6 Å². The van der Waals surface area contributed by atoms with Crippen LogP contribution >= 0.6 is 0 Å². The fraction of sp³-hybridized carbons (Fsp3) is 0.250. The van der Waals surface area contributed by atoms with Gasteiger partial charge < -0.3 is 66.9 Å². The fourth-order valence-electron chi connectivity index (χ4n) is 5.11. The standard InChI is InChI=1S/C32H34N2O4.2HI/c1-33-13-11-23-17-29(35-3)31(37-5)19-25(23)27(33)15-21-7-9-22(10-8-21)16-28-26-20-32(38-6)30(36-4)18-24(26)12-14-34(28)2;;/h7-14,17-20H,15-16H2,1-6H3;2*1H/q+2;;/p-2. The Morgan fingerprint density at radius 3 is 1.15 bits per heavy atom. The zero-order valence-corrected chi connectivity index (χ0v) is 27.9. The highest BCUT2D eigenvalue weighted by Gasteiger charge is 2.19. The predicted octanol–water partition coefficient (Wildman–Crippen LogP) is -1.13. The summed E-state index contributed by atoms with van der Waals surface area (Å²) in [5.74, 6) is 2.95. The second kappa shape index (κ2) is 13.7. The van der Waals surface area contributed by atoms with Crippen molar-refractivity contribution in [2.24, 2.45) is 14.1 Å². The predicted molar refractivity (Wildman–Crippen MR) is 149 cm³/mol. The van der Waals surface area contributed by atoms with E-state index in [0.29, 0.717) is 0 Å². The highest BCUT2D eigenvalue weighted by molar-refractivity contribution is 5.88. The number of hydrogen-bond acceptors (Lipinski definition) is 4. The minimum Gasteiger partial charge on any atom is -1.00 e. The summed E-state index contributed by atoms with van der Waals surface area (Å²) in [6.45, 7) is 0. The lowest BCUT2D eigenvalue weighted by atomic mass is 9.99. The molecule has 0 fully saturated rings. The quantitative estimate of drug-likeness (QED) is 0.148. The molecule has 2 heterocycles. The number of hydrogen-bond donors (Lipinski definition) is 0. The molecule has 40 heavy (non-hydrogen) atoms.